The van der Waals surface area contributed by atoms with Crippen LogP contribution >= 0.6 is 0 Å². The van der Waals surface area contributed by atoms with Crippen molar-refractivity contribution in [1.29, 1.82) is 0 Å². The third-order valence-corrected chi connectivity index (χ3v) is 7.21. The van der Waals surface area contributed by atoms with Crippen molar-refractivity contribution in [2.24, 2.45) is 0 Å². The van der Waals surface area contributed by atoms with Gasteiger partial charge in [-0.3, -0.25) is 9.10 Å². The fourth-order valence-electron chi connectivity index (χ4n) is 3.35. The van der Waals surface area contributed by atoms with Gasteiger partial charge < -0.3 is 5.32 Å². The number of nitrogens with one attached hydrogen (secondary N) is 1. The van der Waals surface area contributed by atoms with E-state index in [1.807, 2.05) is 58.9 Å². The molecule has 0 saturated heterocycles. The number of sulfonamides is 1. The SMILES string of the molecule is Cc1ccc(S(=O)(=O)N(CC(=O)Nc2c(C)cccc2C)c2ccc(C)c(C)c2)cc1. The predicted octanol–water partition coefficient (Wildman–Crippen LogP) is 5.06. The summed E-state index contributed by atoms with van der Waals surface area (Å²) in [5.41, 5.74) is 5.98. The van der Waals surface area contributed by atoms with E-state index >= 15 is 0 Å². The van der Waals surface area contributed by atoms with Crippen molar-refractivity contribution in [2.75, 3.05) is 16.2 Å². The summed E-state index contributed by atoms with van der Waals surface area (Å²) in [5, 5.41) is 2.89. The third-order valence-electron chi connectivity index (χ3n) is 5.42. The van der Waals surface area contributed by atoms with Crippen LogP contribution in [0, 0.1) is 34.6 Å². The molecule has 0 aromatic heterocycles. The minimum Gasteiger partial charge on any atom is -0.324 e. The van der Waals surface area contributed by atoms with Crippen molar-refractivity contribution >= 4 is 27.3 Å². The molecule has 0 bridgehead atoms. The zero-order chi connectivity index (χ0) is 22.8. The standard InChI is InChI=1S/C25H28N2O3S/c1-17-9-13-23(14-10-17)31(29,30)27(22-12-11-18(2)21(5)15-22)16-24(28)26-25-19(3)7-6-8-20(25)4/h6-15H,16H2,1-5H3,(H,26,28). The molecule has 3 aromatic rings. The number of hydrogen-bond acceptors (Lipinski definition) is 3. The van der Waals surface area contributed by atoms with Crippen molar-refractivity contribution in [3.63, 3.8) is 0 Å². The minimum atomic E-state index is -3.94. The summed E-state index contributed by atoms with van der Waals surface area (Å²) < 4.78 is 28.2. The van der Waals surface area contributed by atoms with Gasteiger partial charge in [-0.1, -0.05) is 42.0 Å². The summed E-state index contributed by atoms with van der Waals surface area (Å²) in [6, 6.07) is 17.8. The summed E-state index contributed by atoms with van der Waals surface area (Å²) in [6.07, 6.45) is 0. The lowest BCUT2D eigenvalue weighted by Crippen LogP contribution is -2.38. The fraction of sp³-hybridized carbons (Fsp3) is 0.240. The van der Waals surface area contributed by atoms with E-state index in [1.54, 1.807) is 36.4 Å². The van der Waals surface area contributed by atoms with E-state index in [4.69, 9.17) is 0 Å². The molecule has 0 unspecified atom stereocenters. The van der Waals surface area contributed by atoms with Crippen LogP contribution in [0.25, 0.3) is 0 Å². The third kappa shape index (κ3) is 4.97. The van der Waals surface area contributed by atoms with Crippen LogP contribution in [0.1, 0.15) is 27.8 Å². The monoisotopic (exact) mass is 436 g/mol. The molecule has 0 aliphatic heterocycles. The van der Waals surface area contributed by atoms with Crippen molar-refractivity contribution in [3.8, 4) is 0 Å². The predicted molar refractivity (Wildman–Crippen MR) is 126 cm³/mol. The number of benzene rings is 3. The Labute approximate surface area is 184 Å². The van der Waals surface area contributed by atoms with E-state index in [9.17, 15) is 13.2 Å². The van der Waals surface area contributed by atoms with E-state index in [1.165, 1.54) is 4.31 Å². The molecule has 0 atom stereocenters. The lowest BCUT2D eigenvalue weighted by molar-refractivity contribution is -0.114. The number of para-hydroxylation sites is 1. The lowest BCUT2D eigenvalue weighted by atomic mass is 10.1. The second-order valence-electron chi connectivity index (χ2n) is 7.91. The first-order valence-corrected chi connectivity index (χ1v) is 11.6. The van der Waals surface area contributed by atoms with Gasteiger partial charge in [-0.2, -0.15) is 0 Å². The Morgan fingerprint density at radius 2 is 1.42 bits per heavy atom. The molecule has 0 saturated carbocycles. The van der Waals surface area contributed by atoms with Crippen molar-refractivity contribution < 1.29 is 13.2 Å². The highest BCUT2D eigenvalue weighted by atomic mass is 32.2. The van der Waals surface area contributed by atoms with Gasteiger partial charge in [0.2, 0.25) is 5.91 Å². The van der Waals surface area contributed by atoms with Gasteiger partial charge in [-0.25, -0.2) is 8.42 Å². The quantitative estimate of drug-likeness (QED) is 0.587. The average molecular weight is 437 g/mol. The summed E-state index contributed by atoms with van der Waals surface area (Å²) in [7, 11) is -3.94. The second-order valence-corrected chi connectivity index (χ2v) is 9.77. The van der Waals surface area contributed by atoms with Gasteiger partial charge >= 0.3 is 0 Å². The van der Waals surface area contributed by atoms with Gasteiger partial charge in [-0.15, -0.1) is 0 Å². The maximum atomic E-state index is 13.5. The molecule has 3 aromatic carbocycles. The topological polar surface area (TPSA) is 66.5 Å². The van der Waals surface area contributed by atoms with Crippen LogP contribution in [0.4, 0.5) is 11.4 Å². The Morgan fingerprint density at radius 1 is 0.806 bits per heavy atom. The number of carbonyl (C=O) groups excluding carboxylic acids is 1. The normalized spacial score (nSPS) is 11.3. The smallest absolute Gasteiger partial charge is 0.264 e. The van der Waals surface area contributed by atoms with Crippen molar-refractivity contribution in [3.05, 3.63) is 88.5 Å². The molecular formula is C25H28N2O3S. The van der Waals surface area contributed by atoms with E-state index in [0.29, 0.717) is 11.4 Å². The number of rotatable bonds is 6. The lowest BCUT2D eigenvalue weighted by Gasteiger charge is -2.25. The Morgan fingerprint density at radius 3 is 2.00 bits per heavy atom. The molecule has 6 heteroatoms. The Kier molecular flexibility index (Phi) is 6.51. The summed E-state index contributed by atoms with van der Waals surface area (Å²) >= 11 is 0. The molecule has 0 radical (unpaired) electrons. The van der Waals surface area contributed by atoms with E-state index in [0.717, 1.165) is 27.8 Å². The fourth-order valence-corrected chi connectivity index (χ4v) is 4.77. The highest BCUT2D eigenvalue weighted by Crippen LogP contribution is 2.27. The maximum Gasteiger partial charge on any atom is 0.264 e. The van der Waals surface area contributed by atoms with Crippen LogP contribution in [0.3, 0.4) is 0 Å². The molecule has 0 aliphatic carbocycles. The minimum absolute atomic E-state index is 0.149. The molecule has 1 N–H and O–H groups in total. The van der Waals surface area contributed by atoms with Gasteiger partial charge in [0.1, 0.15) is 6.54 Å². The molecule has 0 heterocycles. The summed E-state index contributed by atoms with van der Waals surface area (Å²) in [4.78, 5) is 13.1. The molecule has 31 heavy (non-hydrogen) atoms. The van der Waals surface area contributed by atoms with Crippen LogP contribution < -0.4 is 9.62 Å². The van der Waals surface area contributed by atoms with Gasteiger partial charge in [0, 0.05) is 5.69 Å². The largest absolute Gasteiger partial charge is 0.324 e. The van der Waals surface area contributed by atoms with Crippen LogP contribution in [-0.2, 0) is 14.8 Å². The van der Waals surface area contributed by atoms with E-state index < -0.39 is 15.9 Å². The zero-order valence-corrected chi connectivity index (χ0v) is 19.4. The first kappa shape index (κ1) is 22.6. The van der Waals surface area contributed by atoms with E-state index in [2.05, 4.69) is 5.32 Å². The molecule has 162 valence electrons. The Hall–Kier alpha value is -3.12. The number of aryl methyl sites for hydroxylation is 5. The van der Waals surface area contributed by atoms with Gasteiger partial charge in [0.15, 0.2) is 0 Å². The number of anilines is 2. The van der Waals surface area contributed by atoms with E-state index in [-0.39, 0.29) is 11.4 Å². The Balaban J connectivity index is 2.00. The van der Waals surface area contributed by atoms with Crippen LogP contribution in [0.2, 0.25) is 0 Å². The number of amides is 1. The Bertz CT molecular complexity index is 1200. The average Bonchev–Trinajstić information content (AvgIpc) is 2.71. The molecule has 0 spiro atoms. The van der Waals surface area contributed by atoms with Gasteiger partial charge in [-0.05, 0) is 81.1 Å². The molecular weight excluding hydrogens is 408 g/mol. The first-order chi connectivity index (χ1) is 14.6. The molecule has 3 rings (SSSR count). The molecule has 0 fully saturated rings. The molecule has 1 amide bonds. The van der Waals surface area contributed by atoms with Crippen LogP contribution in [0.15, 0.2) is 65.6 Å². The van der Waals surface area contributed by atoms with Crippen LogP contribution in [0.5, 0.6) is 0 Å². The second kappa shape index (κ2) is 8.94. The first-order valence-electron chi connectivity index (χ1n) is 10.1. The van der Waals surface area contributed by atoms with Crippen LogP contribution in [-0.4, -0.2) is 20.9 Å². The van der Waals surface area contributed by atoms with Crippen molar-refractivity contribution in [1.82, 2.24) is 0 Å². The maximum absolute atomic E-state index is 13.5. The summed E-state index contributed by atoms with van der Waals surface area (Å²) in [6.45, 7) is 9.28. The van der Waals surface area contributed by atoms with Crippen molar-refractivity contribution in [2.45, 2.75) is 39.5 Å². The molecule has 5 nitrogen and oxygen atoms in total. The number of hydrogen-bond donors (Lipinski definition) is 1. The number of nitrogens with zero attached hydrogens (tertiary/aromatic N) is 1. The highest BCUT2D eigenvalue weighted by molar-refractivity contribution is 7.92. The number of carbonyl (C=O) groups is 1. The summed E-state index contributed by atoms with van der Waals surface area (Å²) in [5.74, 6) is -0.397. The molecule has 0 aliphatic rings. The highest BCUT2D eigenvalue weighted by Gasteiger charge is 2.27. The zero-order valence-electron chi connectivity index (χ0n) is 18.6. The van der Waals surface area contributed by atoms with Gasteiger partial charge in [0.25, 0.3) is 10.0 Å². The van der Waals surface area contributed by atoms with Gasteiger partial charge in [0.05, 0.1) is 10.6 Å².